The fourth-order valence-electron chi connectivity index (χ4n) is 1.91. The molecule has 0 fully saturated rings. The minimum Gasteiger partial charge on any atom is -0.497 e. The zero-order valence-corrected chi connectivity index (χ0v) is 11.9. The van der Waals surface area contributed by atoms with Crippen LogP contribution in [-0.4, -0.2) is 25.2 Å². The van der Waals surface area contributed by atoms with Gasteiger partial charge in [-0.2, -0.15) is 0 Å². The third-order valence-electron chi connectivity index (χ3n) is 3.05. The van der Waals surface area contributed by atoms with Crippen LogP contribution >= 0.6 is 0 Å². The molecule has 0 saturated carbocycles. The SMILES string of the molecule is COc1cc(OC)cc(C(=O)Nc2ccccc2CO)c1. The largest absolute Gasteiger partial charge is 0.497 e. The number of carbonyl (C=O) groups is 1. The minimum absolute atomic E-state index is 0.141. The number of ether oxygens (including phenoxy) is 2. The van der Waals surface area contributed by atoms with Crippen LogP contribution in [0, 0.1) is 0 Å². The predicted molar refractivity (Wildman–Crippen MR) is 79.9 cm³/mol. The lowest BCUT2D eigenvalue weighted by atomic mass is 10.1. The maximum Gasteiger partial charge on any atom is 0.255 e. The van der Waals surface area contributed by atoms with Crippen LogP contribution in [0.5, 0.6) is 11.5 Å². The molecule has 5 nitrogen and oxygen atoms in total. The van der Waals surface area contributed by atoms with Gasteiger partial charge in [0.25, 0.3) is 5.91 Å². The van der Waals surface area contributed by atoms with Crippen molar-refractivity contribution in [1.29, 1.82) is 0 Å². The summed E-state index contributed by atoms with van der Waals surface area (Å²) in [5.41, 5.74) is 1.64. The van der Waals surface area contributed by atoms with Crippen LogP contribution in [0.15, 0.2) is 42.5 Å². The molecule has 2 aromatic carbocycles. The molecule has 0 saturated heterocycles. The smallest absolute Gasteiger partial charge is 0.255 e. The van der Waals surface area contributed by atoms with E-state index in [2.05, 4.69) is 5.32 Å². The number of para-hydroxylation sites is 1. The van der Waals surface area contributed by atoms with Crippen molar-refractivity contribution in [2.24, 2.45) is 0 Å². The first kappa shape index (κ1) is 14.9. The van der Waals surface area contributed by atoms with Gasteiger partial charge in [-0.15, -0.1) is 0 Å². The van der Waals surface area contributed by atoms with Gasteiger partial charge >= 0.3 is 0 Å². The summed E-state index contributed by atoms with van der Waals surface area (Å²) in [6, 6.07) is 12.0. The fourth-order valence-corrected chi connectivity index (χ4v) is 1.91. The zero-order chi connectivity index (χ0) is 15.2. The van der Waals surface area contributed by atoms with Crippen molar-refractivity contribution in [3.8, 4) is 11.5 Å². The van der Waals surface area contributed by atoms with Crippen LogP contribution in [0.3, 0.4) is 0 Å². The molecule has 0 heterocycles. The summed E-state index contributed by atoms with van der Waals surface area (Å²) in [7, 11) is 3.05. The standard InChI is InChI=1S/C16H17NO4/c1-20-13-7-12(8-14(9-13)21-2)16(19)17-15-6-4-3-5-11(15)10-18/h3-9,18H,10H2,1-2H3,(H,17,19). The van der Waals surface area contributed by atoms with E-state index < -0.39 is 0 Å². The number of carbonyl (C=O) groups excluding carboxylic acids is 1. The number of rotatable bonds is 5. The van der Waals surface area contributed by atoms with Crippen molar-refractivity contribution in [1.82, 2.24) is 0 Å². The highest BCUT2D eigenvalue weighted by molar-refractivity contribution is 6.05. The molecule has 0 unspecified atom stereocenters. The van der Waals surface area contributed by atoms with Crippen LogP contribution in [-0.2, 0) is 6.61 Å². The summed E-state index contributed by atoms with van der Waals surface area (Å²) in [6.07, 6.45) is 0. The second-order valence-corrected chi connectivity index (χ2v) is 4.37. The maximum atomic E-state index is 12.3. The average molecular weight is 287 g/mol. The molecule has 0 aliphatic heterocycles. The highest BCUT2D eigenvalue weighted by Gasteiger charge is 2.11. The Morgan fingerprint density at radius 1 is 1.10 bits per heavy atom. The van der Waals surface area contributed by atoms with E-state index in [1.54, 1.807) is 42.5 Å². The van der Waals surface area contributed by atoms with E-state index >= 15 is 0 Å². The van der Waals surface area contributed by atoms with Crippen LogP contribution < -0.4 is 14.8 Å². The topological polar surface area (TPSA) is 67.8 Å². The molecule has 21 heavy (non-hydrogen) atoms. The third-order valence-corrected chi connectivity index (χ3v) is 3.05. The van der Waals surface area contributed by atoms with E-state index in [-0.39, 0.29) is 12.5 Å². The summed E-state index contributed by atoms with van der Waals surface area (Å²) < 4.78 is 10.3. The number of hydrogen-bond acceptors (Lipinski definition) is 4. The van der Waals surface area contributed by atoms with Gasteiger partial charge < -0.3 is 19.9 Å². The Bertz CT molecular complexity index is 618. The molecule has 0 aromatic heterocycles. The second-order valence-electron chi connectivity index (χ2n) is 4.37. The van der Waals surface area contributed by atoms with E-state index in [0.29, 0.717) is 28.3 Å². The number of nitrogens with one attached hydrogen (secondary N) is 1. The van der Waals surface area contributed by atoms with Crippen LogP contribution in [0.25, 0.3) is 0 Å². The molecular formula is C16H17NO4. The average Bonchev–Trinajstić information content (AvgIpc) is 2.54. The van der Waals surface area contributed by atoms with Gasteiger partial charge in [0.1, 0.15) is 11.5 Å². The summed E-state index contributed by atoms with van der Waals surface area (Å²) in [4.78, 5) is 12.3. The van der Waals surface area contributed by atoms with E-state index in [1.807, 2.05) is 0 Å². The molecule has 5 heteroatoms. The van der Waals surface area contributed by atoms with Crippen LogP contribution in [0.1, 0.15) is 15.9 Å². The number of methoxy groups -OCH3 is 2. The molecule has 0 radical (unpaired) electrons. The first-order chi connectivity index (χ1) is 10.2. The van der Waals surface area contributed by atoms with Crippen molar-refractivity contribution >= 4 is 11.6 Å². The molecule has 1 amide bonds. The Hall–Kier alpha value is -2.53. The monoisotopic (exact) mass is 287 g/mol. The van der Waals surface area contributed by atoms with Crippen LogP contribution in [0.2, 0.25) is 0 Å². The molecular weight excluding hydrogens is 270 g/mol. The minimum atomic E-state index is -0.298. The summed E-state index contributed by atoms with van der Waals surface area (Å²) >= 11 is 0. The molecule has 2 N–H and O–H groups in total. The Morgan fingerprint density at radius 3 is 2.29 bits per heavy atom. The zero-order valence-electron chi connectivity index (χ0n) is 11.9. The first-order valence-corrected chi connectivity index (χ1v) is 6.41. The van der Waals surface area contributed by atoms with E-state index in [9.17, 15) is 9.90 Å². The predicted octanol–water partition coefficient (Wildman–Crippen LogP) is 2.45. The molecule has 0 aliphatic carbocycles. The van der Waals surface area contributed by atoms with Gasteiger partial charge in [0.15, 0.2) is 0 Å². The van der Waals surface area contributed by atoms with Gasteiger partial charge in [0.2, 0.25) is 0 Å². The number of benzene rings is 2. The Balaban J connectivity index is 2.28. The van der Waals surface area contributed by atoms with Crippen molar-refractivity contribution in [3.63, 3.8) is 0 Å². The Kier molecular flexibility index (Phi) is 4.79. The number of anilines is 1. The molecule has 0 spiro atoms. The molecule has 0 aliphatic rings. The number of aliphatic hydroxyl groups is 1. The van der Waals surface area contributed by atoms with Gasteiger partial charge in [-0.1, -0.05) is 18.2 Å². The van der Waals surface area contributed by atoms with Crippen molar-refractivity contribution < 1.29 is 19.4 Å². The number of aliphatic hydroxyl groups excluding tert-OH is 1. The summed E-state index contributed by atoms with van der Waals surface area (Å²) in [6.45, 7) is -0.141. The number of hydrogen-bond donors (Lipinski definition) is 2. The molecule has 2 rings (SSSR count). The van der Waals surface area contributed by atoms with E-state index in [4.69, 9.17) is 9.47 Å². The second kappa shape index (κ2) is 6.76. The molecule has 0 atom stereocenters. The lowest BCUT2D eigenvalue weighted by molar-refractivity contribution is 0.102. The molecule has 0 bridgehead atoms. The Labute approximate surface area is 123 Å². The van der Waals surface area contributed by atoms with Crippen molar-refractivity contribution in [2.75, 3.05) is 19.5 Å². The summed E-state index contributed by atoms with van der Waals surface area (Å²) in [5.74, 6) is 0.776. The van der Waals surface area contributed by atoms with Crippen molar-refractivity contribution in [2.45, 2.75) is 6.61 Å². The molecule has 110 valence electrons. The third kappa shape index (κ3) is 3.52. The van der Waals surface area contributed by atoms with Gasteiger partial charge in [0, 0.05) is 22.9 Å². The highest BCUT2D eigenvalue weighted by atomic mass is 16.5. The maximum absolute atomic E-state index is 12.3. The first-order valence-electron chi connectivity index (χ1n) is 6.41. The summed E-state index contributed by atoms with van der Waals surface area (Å²) in [5, 5.41) is 12.0. The van der Waals surface area contributed by atoms with Crippen LogP contribution in [0.4, 0.5) is 5.69 Å². The van der Waals surface area contributed by atoms with E-state index in [1.165, 1.54) is 14.2 Å². The van der Waals surface area contributed by atoms with Gasteiger partial charge in [-0.3, -0.25) is 4.79 Å². The van der Waals surface area contributed by atoms with Crippen molar-refractivity contribution in [3.05, 3.63) is 53.6 Å². The lowest BCUT2D eigenvalue weighted by Gasteiger charge is -2.11. The Morgan fingerprint density at radius 2 is 1.71 bits per heavy atom. The van der Waals surface area contributed by atoms with Gasteiger partial charge in [0.05, 0.1) is 20.8 Å². The van der Waals surface area contributed by atoms with E-state index in [0.717, 1.165) is 0 Å². The normalized spacial score (nSPS) is 10.0. The highest BCUT2D eigenvalue weighted by Crippen LogP contribution is 2.24. The fraction of sp³-hybridized carbons (Fsp3) is 0.188. The van der Waals surface area contributed by atoms with Gasteiger partial charge in [-0.05, 0) is 18.2 Å². The number of amides is 1. The molecule has 2 aromatic rings. The quantitative estimate of drug-likeness (QED) is 0.886. The lowest BCUT2D eigenvalue weighted by Crippen LogP contribution is -2.13. The van der Waals surface area contributed by atoms with Gasteiger partial charge in [-0.25, -0.2) is 0 Å².